The summed E-state index contributed by atoms with van der Waals surface area (Å²) in [5.74, 6) is -3.25. The van der Waals surface area contributed by atoms with Gasteiger partial charge in [0.05, 0.1) is 22.1 Å². The number of rotatable bonds is 2. The molecule has 9 nitrogen and oxygen atoms in total. The van der Waals surface area contributed by atoms with Crippen LogP contribution in [0.1, 0.15) is 13.3 Å². The van der Waals surface area contributed by atoms with Gasteiger partial charge in [0.1, 0.15) is 0 Å². The number of carbonyl (C=O) groups is 2. The average Bonchev–Trinajstić information content (AvgIpc) is 2.93. The van der Waals surface area contributed by atoms with Gasteiger partial charge in [-0.25, -0.2) is 0 Å². The Balaban J connectivity index is 0.000000203. The number of carboxylic acids is 2. The zero-order chi connectivity index (χ0) is 27.3. The molecular formula is C29H24MnN4O5. The number of hydrogen-bond donors (Lipinski definition) is 1. The SMILES string of the molecule is CCO.O=C([O-])CC(=O)[O-].[Mn+2].c1cnc2c(c1)ccc1cccnc12.c1cnc2c(c1)ccc1cccnc12. The largest absolute Gasteiger partial charge is 2.00 e. The van der Waals surface area contributed by atoms with Crippen LogP contribution in [0.4, 0.5) is 0 Å². The smallest absolute Gasteiger partial charge is 0.550 e. The van der Waals surface area contributed by atoms with Crippen LogP contribution in [0.2, 0.25) is 0 Å². The number of nitrogens with zero attached hydrogens (tertiary/aromatic N) is 4. The number of carbonyl (C=O) groups excluding carboxylic acids is 2. The molecule has 10 heteroatoms. The number of hydrogen-bond acceptors (Lipinski definition) is 9. The number of aromatic nitrogens is 4. The molecule has 0 saturated heterocycles. The van der Waals surface area contributed by atoms with E-state index in [0.29, 0.717) is 0 Å². The molecule has 2 aromatic carbocycles. The maximum atomic E-state index is 9.28. The van der Waals surface area contributed by atoms with Crippen molar-refractivity contribution >= 4 is 55.6 Å². The Bertz CT molecular complexity index is 1450. The minimum atomic E-state index is -1.63. The van der Waals surface area contributed by atoms with Crippen molar-refractivity contribution in [2.75, 3.05) is 6.61 Å². The zero-order valence-electron chi connectivity index (χ0n) is 20.9. The van der Waals surface area contributed by atoms with Crippen LogP contribution in [0.25, 0.3) is 43.6 Å². The molecule has 0 unspecified atom stereocenters. The monoisotopic (exact) mass is 563 g/mol. The van der Waals surface area contributed by atoms with E-state index in [-0.39, 0.29) is 23.7 Å². The summed E-state index contributed by atoms with van der Waals surface area (Å²) in [4.78, 5) is 35.9. The number of fused-ring (bicyclic) bond motifs is 6. The van der Waals surface area contributed by atoms with E-state index < -0.39 is 18.4 Å². The van der Waals surface area contributed by atoms with Crippen molar-refractivity contribution in [2.45, 2.75) is 13.3 Å². The molecule has 0 aliphatic carbocycles. The van der Waals surface area contributed by atoms with Crippen molar-refractivity contribution < 1.29 is 42.0 Å². The molecule has 197 valence electrons. The fraction of sp³-hybridized carbons (Fsp3) is 0.103. The molecule has 6 rings (SSSR count). The molecule has 0 atom stereocenters. The summed E-state index contributed by atoms with van der Waals surface area (Å²) in [7, 11) is 0. The van der Waals surface area contributed by atoms with E-state index in [2.05, 4.69) is 68.5 Å². The van der Waals surface area contributed by atoms with Crippen molar-refractivity contribution in [2.24, 2.45) is 0 Å². The number of pyridine rings is 4. The normalized spacial score (nSPS) is 9.69. The molecule has 0 bridgehead atoms. The molecule has 39 heavy (non-hydrogen) atoms. The van der Waals surface area contributed by atoms with Gasteiger partial charge in [-0.05, 0) is 31.2 Å². The van der Waals surface area contributed by atoms with Crippen molar-refractivity contribution in [1.82, 2.24) is 19.9 Å². The third-order valence-corrected chi connectivity index (χ3v) is 4.98. The van der Waals surface area contributed by atoms with Crippen molar-refractivity contribution in [3.8, 4) is 0 Å². The predicted molar refractivity (Wildman–Crippen MR) is 141 cm³/mol. The molecule has 0 fully saturated rings. The van der Waals surface area contributed by atoms with Crippen LogP contribution in [0.3, 0.4) is 0 Å². The molecule has 4 heterocycles. The van der Waals surface area contributed by atoms with Gasteiger partial charge >= 0.3 is 17.1 Å². The zero-order valence-corrected chi connectivity index (χ0v) is 22.1. The first-order chi connectivity index (χ1) is 18.4. The number of aliphatic hydroxyl groups excluding tert-OH is 1. The van der Waals surface area contributed by atoms with Crippen LogP contribution >= 0.6 is 0 Å². The Kier molecular flexibility index (Phi) is 12.4. The fourth-order valence-corrected chi connectivity index (χ4v) is 3.48. The van der Waals surface area contributed by atoms with Gasteiger partial charge in [0.2, 0.25) is 0 Å². The van der Waals surface area contributed by atoms with Gasteiger partial charge in [-0.15, -0.1) is 0 Å². The van der Waals surface area contributed by atoms with E-state index >= 15 is 0 Å². The van der Waals surface area contributed by atoms with Crippen LogP contribution < -0.4 is 10.2 Å². The summed E-state index contributed by atoms with van der Waals surface area (Å²) in [5, 5.41) is 30.7. The number of aliphatic carboxylic acids is 2. The fourth-order valence-electron chi connectivity index (χ4n) is 3.48. The third kappa shape index (κ3) is 8.79. The predicted octanol–water partition coefficient (Wildman–Crippen LogP) is 2.44. The molecule has 0 saturated carbocycles. The average molecular weight is 563 g/mol. The Morgan fingerprint density at radius 1 is 0.590 bits per heavy atom. The minimum absolute atomic E-state index is 0. The van der Waals surface area contributed by atoms with Gasteiger partial charge < -0.3 is 24.9 Å². The van der Waals surface area contributed by atoms with Crippen LogP contribution in [0.15, 0.2) is 97.6 Å². The Hall–Kier alpha value is -4.50. The first kappa shape index (κ1) is 30.7. The van der Waals surface area contributed by atoms with Crippen LogP contribution in [0, 0.1) is 0 Å². The van der Waals surface area contributed by atoms with Crippen LogP contribution in [0.5, 0.6) is 0 Å². The van der Waals surface area contributed by atoms with Gasteiger partial charge in [0.25, 0.3) is 0 Å². The van der Waals surface area contributed by atoms with Gasteiger partial charge in [0, 0.05) is 71.3 Å². The van der Waals surface area contributed by atoms with E-state index in [9.17, 15) is 19.8 Å². The second-order valence-electron chi connectivity index (χ2n) is 7.67. The van der Waals surface area contributed by atoms with Crippen LogP contribution in [-0.4, -0.2) is 43.6 Å². The van der Waals surface area contributed by atoms with Gasteiger partial charge in [-0.3, -0.25) is 19.9 Å². The van der Waals surface area contributed by atoms with E-state index in [1.807, 2.05) is 24.3 Å². The summed E-state index contributed by atoms with van der Waals surface area (Å²) < 4.78 is 0. The molecule has 1 radical (unpaired) electrons. The molecule has 0 spiro atoms. The van der Waals surface area contributed by atoms with Gasteiger partial charge in [0.15, 0.2) is 0 Å². The first-order valence-corrected chi connectivity index (χ1v) is 11.6. The maximum Gasteiger partial charge on any atom is 2.00 e. The standard InChI is InChI=1S/2C12H8N2.C3H4O4.C2H6O.Mn/c2*1-3-9-5-6-10-4-2-8-14-12(10)11(9)13-7-1;4-2(5)1-3(6)7;1-2-3;/h2*1-8H;1H2,(H,4,5)(H,6,7);3H,2H2,1H3;/q;;;;+2/p-2. The van der Waals surface area contributed by atoms with E-state index in [1.165, 1.54) is 0 Å². The summed E-state index contributed by atoms with van der Waals surface area (Å²) in [6.07, 6.45) is 6.18. The molecule has 0 aliphatic rings. The third-order valence-electron chi connectivity index (χ3n) is 4.98. The van der Waals surface area contributed by atoms with Crippen molar-refractivity contribution in [3.63, 3.8) is 0 Å². The topological polar surface area (TPSA) is 152 Å². The summed E-state index contributed by atoms with van der Waals surface area (Å²) in [6, 6.07) is 24.3. The van der Waals surface area contributed by atoms with Gasteiger partial charge in [-0.1, -0.05) is 48.5 Å². The minimum Gasteiger partial charge on any atom is -0.550 e. The molecule has 0 aliphatic heterocycles. The summed E-state index contributed by atoms with van der Waals surface area (Å²) >= 11 is 0. The summed E-state index contributed by atoms with van der Waals surface area (Å²) in [6.45, 7) is 1.93. The Labute approximate surface area is 234 Å². The van der Waals surface area contributed by atoms with Crippen LogP contribution in [-0.2, 0) is 26.7 Å². The van der Waals surface area contributed by atoms with E-state index in [4.69, 9.17) is 5.11 Å². The van der Waals surface area contributed by atoms with E-state index in [0.717, 1.165) is 43.6 Å². The molecule has 6 aromatic rings. The number of aliphatic hydroxyl groups is 1. The Morgan fingerprint density at radius 2 is 0.821 bits per heavy atom. The number of benzene rings is 2. The molecular weight excluding hydrogens is 539 g/mol. The summed E-state index contributed by atoms with van der Waals surface area (Å²) in [5.41, 5.74) is 3.91. The first-order valence-electron chi connectivity index (χ1n) is 11.6. The quantitative estimate of drug-likeness (QED) is 0.190. The molecule has 0 amide bonds. The number of carboxylic acid groups (broad SMARTS) is 2. The second-order valence-corrected chi connectivity index (χ2v) is 7.67. The van der Waals surface area contributed by atoms with Crippen molar-refractivity contribution in [1.29, 1.82) is 0 Å². The molecule has 1 N–H and O–H groups in total. The maximum absolute atomic E-state index is 9.28. The second kappa shape index (κ2) is 15.7. The van der Waals surface area contributed by atoms with E-state index in [1.54, 1.807) is 31.7 Å². The Morgan fingerprint density at radius 3 is 1.00 bits per heavy atom. The molecule has 4 aromatic heterocycles. The van der Waals surface area contributed by atoms with Gasteiger partial charge in [-0.2, -0.15) is 0 Å². The van der Waals surface area contributed by atoms with Crippen molar-refractivity contribution in [3.05, 3.63) is 97.6 Å².